The predicted octanol–water partition coefficient (Wildman–Crippen LogP) is 2.58. The Bertz CT molecular complexity index is 342. The molecule has 0 fully saturated rings. The molecule has 1 aromatic heterocycles. The standard InChI is InChI=1S/C10H12BrNO2/c1-7(2)12-10(13)6-4-8-3-5-9(11)14-8/h3-7H,1-2H3,(H,12,13). The monoisotopic (exact) mass is 257 g/mol. The number of carbonyl (C=O) groups excluding carboxylic acids is 1. The van der Waals surface area contributed by atoms with Crippen molar-refractivity contribution in [3.8, 4) is 0 Å². The third-order valence-corrected chi connectivity index (χ3v) is 1.85. The van der Waals surface area contributed by atoms with E-state index in [1.807, 2.05) is 13.8 Å². The summed E-state index contributed by atoms with van der Waals surface area (Å²) in [6, 6.07) is 3.71. The molecule has 0 saturated carbocycles. The van der Waals surface area contributed by atoms with Crippen LogP contribution in [0.2, 0.25) is 0 Å². The molecule has 0 atom stereocenters. The molecule has 0 aliphatic carbocycles. The van der Waals surface area contributed by atoms with Crippen molar-refractivity contribution in [1.82, 2.24) is 5.32 Å². The highest BCUT2D eigenvalue weighted by Gasteiger charge is 1.99. The van der Waals surface area contributed by atoms with E-state index in [1.165, 1.54) is 6.08 Å². The van der Waals surface area contributed by atoms with E-state index < -0.39 is 0 Å². The zero-order valence-corrected chi connectivity index (χ0v) is 9.67. The second-order valence-corrected chi connectivity index (χ2v) is 3.92. The maximum Gasteiger partial charge on any atom is 0.244 e. The van der Waals surface area contributed by atoms with Crippen molar-refractivity contribution < 1.29 is 9.21 Å². The van der Waals surface area contributed by atoms with Gasteiger partial charge in [-0.3, -0.25) is 4.79 Å². The molecule has 1 N–H and O–H groups in total. The zero-order chi connectivity index (χ0) is 10.6. The van der Waals surface area contributed by atoms with E-state index >= 15 is 0 Å². The third kappa shape index (κ3) is 3.79. The molecule has 1 amide bonds. The van der Waals surface area contributed by atoms with Gasteiger partial charge in [0.05, 0.1) is 0 Å². The van der Waals surface area contributed by atoms with Gasteiger partial charge in [0.1, 0.15) is 5.76 Å². The molecule has 0 bridgehead atoms. The van der Waals surface area contributed by atoms with Crippen LogP contribution in [0, 0.1) is 0 Å². The molecule has 0 spiro atoms. The average molecular weight is 258 g/mol. The Hall–Kier alpha value is -1.03. The summed E-state index contributed by atoms with van der Waals surface area (Å²) in [6.07, 6.45) is 3.08. The van der Waals surface area contributed by atoms with Gasteiger partial charge in [-0.2, -0.15) is 0 Å². The van der Waals surface area contributed by atoms with Gasteiger partial charge in [-0.05, 0) is 48.0 Å². The number of hydrogen-bond donors (Lipinski definition) is 1. The second-order valence-electron chi connectivity index (χ2n) is 3.14. The van der Waals surface area contributed by atoms with Crippen LogP contribution in [-0.2, 0) is 4.79 Å². The van der Waals surface area contributed by atoms with E-state index in [1.54, 1.807) is 18.2 Å². The van der Waals surface area contributed by atoms with Gasteiger partial charge in [-0.15, -0.1) is 0 Å². The summed E-state index contributed by atoms with van der Waals surface area (Å²) in [5, 5.41) is 2.74. The summed E-state index contributed by atoms with van der Waals surface area (Å²) in [7, 11) is 0. The molecule has 3 nitrogen and oxygen atoms in total. The van der Waals surface area contributed by atoms with Crippen molar-refractivity contribution in [3.63, 3.8) is 0 Å². The van der Waals surface area contributed by atoms with E-state index in [-0.39, 0.29) is 11.9 Å². The first kappa shape index (κ1) is 11.0. The van der Waals surface area contributed by atoms with Crippen LogP contribution >= 0.6 is 15.9 Å². The number of nitrogens with one attached hydrogen (secondary N) is 1. The van der Waals surface area contributed by atoms with Crippen molar-refractivity contribution in [3.05, 3.63) is 28.6 Å². The quantitative estimate of drug-likeness (QED) is 0.846. The summed E-state index contributed by atoms with van der Waals surface area (Å²) in [6.45, 7) is 3.82. The molecule has 0 aromatic carbocycles. The van der Waals surface area contributed by atoms with Crippen molar-refractivity contribution in [2.45, 2.75) is 19.9 Å². The van der Waals surface area contributed by atoms with Crippen LogP contribution in [0.1, 0.15) is 19.6 Å². The zero-order valence-electron chi connectivity index (χ0n) is 8.08. The van der Waals surface area contributed by atoms with Gasteiger partial charge >= 0.3 is 0 Å². The topological polar surface area (TPSA) is 42.2 Å². The maximum atomic E-state index is 11.2. The Balaban J connectivity index is 2.51. The number of halogens is 1. The summed E-state index contributed by atoms with van der Waals surface area (Å²) >= 11 is 3.18. The predicted molar refractivity (Wildman–Crippen MR) is 58.7 cm³/mol. The van der Waals surface area contributed by atoms with Gasteiger partial charge in [0.25, 0.3) is 0 Å². The van der Waals surface area contributed by atoms with Gasteiger partial charge < -0.3 is 9.73 Å². The van der Waals surface area contributed by atoms with Gasteiger partial charge in [0.2, 0.25) is 5.91 Å². The van der Waals surface area contributed by atoms with Crippen molar-refractivity contribution in [1.29, 1.82) is 0 Å². The molecular weight excluding hydrogens is 246 g/mol. The molecule has 0 unspecified atom stereocenters. The SMILES string of the molecule is CC(C)NC(=O)C=Cc1ccc(Br)o1. The van der Waals surface area contributed by atoms with Crippen LogP contribution in [-0.4, -0.2) is 11.9 Å². The molecule has 14 heavy (non-hydrogen) atoms. The Labute approximate surface area is 91.3 Å². The molecule has 0 aliphatic rings. The summed E-state index contributed by atoms with van der Waals surface area (Å²) < 4.78 is 5.84. The molecule has 0 saturated heterocycles. The number of amides is 1. The Morgan fingerprint density at radius 1 is 1.57 bits per heavy atom. The van der Waals surface area contributed by atoms with E-state index in [9.17, 15) is 4.79 Å². The van der Waals surface area contributed by atoms with Gasteiger partial charge in [-0.25, -0.2) is 0 Å². The lowest BCUT2D eigenvalue weighted by atomic mass is 10.3. The Kier molecular flexibility index (Phi) is 3.95. The molecule has 0 aliphatic heterocycles. The molecular formula is C10H12BrNO2. The smallest absolute Gasteiger partial charge is 0.244 e. The summed E-state index contributed by atoms with van der Waals surface area (Å²) in [4.78, 5) is 11.2. The molecule has 4 heteroatoms. The van der Waals surface area contributed by atoms with Crippen LogP contribution in [0.3, 0.4) is 0 Å². The van der Waals surface area contributed by atoms with Crippen molar-refractivity contribution in [2.24, 2.45) is 0 Å². The van der Waals surface area contributed by atoms with E-state index in [4.69, 9.17) is 4.42 Å². The Morgan fingerprint density at radius 3 is 2.79 bits per heavy atom. The number of furan rings is 1. The van der Waals surface area contributed by atoms with Crippen LogP contribution in [0.5, 0.6) is 0 Å². The normalized spacial score (nSPS) is 11.1. The first-order valence-electron chi connectivity index (χ1n) is 4.32. The van der Waals surface area contributed by atoms with Crippen LogP contribution in [0.15, 0.2) is 27.3 Å². The number of rotatable bonds is 3. The lowest BCUT2D eigenvalue weighted by Gasteiger charge is -2.03. The van der Waals surface area contributed by atoms with Gasteiger partial charge in [0.15, 0.2) is 4.67 Å². The highest BCUT2D eigenvalue weighted by Crippen LogP contribution is 2.14. The largest absolute Gasteiger partial charge is 0.450 e. The summed E-state index contributed by atoms with van der Waals surface area (Å²) in [5.41, 5.74) is 0. The second kappa shape index (κ2) is 5.00. The van der Waals surface area contributed by atoms with E-state index in [0.29, 0.717) is 10.4 Å². The van der Waals surface area contributed by atoms with Crippen LogP contribution < -0.4 is 5.32 Å². The fourth-order valence-corrected chi connectivity index (χ4v) is 1.23. The lowest BCUT2D eigenvalue weighted by Crippen LogP contribution is -2.28. The fourth-order valence-electron chi connectivity index (χ4n) is 0.908. The van der Waals surface area contributed by atoms with Crippen LogP contribution in [0.25, 0.3) is 6.08 Å². The van der Waals surface area contributed by atoms with Crippen LogP contribution in [0.4, 0.5) is 0 Å². The maximum absolute atomic E-state index is 11.2. The summed E-state index contributed by atoms with van der Waals surface area (Å²) in [5.74, 6) is 0.531. The van der Waals surface area contributed by atoms with E-state index in [2.05, 4.69) is 21.2 Å². The minimum absolute atomic E-state index is 0.118. The minimum Gasteiger partial charge on any atom is -0.450 e. The highest BCUT2D eigenvalue weighted by atomic mass is 79.9. The molecule has 1 rings (SSSR count). The average Bonchev–Trinajstić information content (AvgIpc) is 2.47. The molecule has 1 heterocycles. The lowest BCUT2D eigenvalue weighted by molar-refractivity contribution is -0.116. The van der Waals surface area contributed by atoms with Gasteiger partial charge in [-0.1, -0.05) is 0 Å². The first-order chi connectivity index (χ1) is 6.58. The first-order valence-corrected chi connectivity index (χ1v) is 5.11. The molecule has 0 radical (unpaired) electrons. The number of carbonyl (C=O) groups is 1. The van der Waals surface area contributed by atoms with E-state index in [0.717, 1.165) is 0 Å². The highest BCUT2D eigenvalue weighted by molar-refractivity contribution is 9.10. The van der Waals surface area contributed by atoms with Crippen molar-refractivity contribution >= 4 is 27.9 Å². The Morgan fingerprint density at radius 2 is 2.29 bits per heavy atom. The molecule has 1 aromatic rings. The minimum atomic E-state index is -0.118. The third-order valence-electron chi connectivity index (χ3n) is 1.42. The number of hydrogen-bond acceptors (Lipinski definition) is 2. The van der Waals surface area contributed by atoms with Gasteiger partial charge in [0, 0.05) is 12.1 Å². The molecule has 76 valence electrons. The van der Waals surface area contributed by atoms with Crippen molar-refractivity contribution in [2.75, 3.05) is 0 Å². The fraction of sp³-hybridized carbons (Fsp3) is 0.300.